The summed E-state index contributed by atoms with van der Waals surface area (Å²) in [4.78, 5) is 6.95. The molecule has 1 saturated carbocycles. The van der Waals surface area contributed by atoms with Crippen molar-refractivity contribution in [1.29, 1.82) is 0 Å². The van der Waals surface area contributed by atoms with Crippen LogP contribution in [0, 0.1) is 5.92 Å². The number of hydrogen-bond acceptors (Lipinski definition) is 3. The highest BCUT2D eigenvalue weighted by Gasteiger charge is 2.22. The van der Waals surface area contributed by atoms with E-state index in [2.05, 4.69) is 22.3 Å². The van der Waals surface area contributed by atoms with Crippen molar-refractivity contribution < 1.29 is 0 Å². The topological polar surface area (TPSA) is 16.1 Å². The molecule has 0 bridgehead atoms. The zero-order valence-electron chi connectivity index (χ0n) is 10.5. The molecule has 0 N–H and O–H groups in total. The van der Waals surface area contributed by atoms with E-state index in [1.165, 1.54) is 43.8 Å². The number of rotatable bonds is 8. The molecule has 1 aromatic heterocycles. The van der Waals surface area contributed by atoms with Gasteiger partial charge in [0.25, 0.3) is 0 Å². The molecule has 0 aliphatic heterocycles. The maximum atomic E-state index is 5.73. The molecule has 0 spiro atoms. The molecule has 2 rings (SSSR count). The summed E-state index contributed by atoms with van der Waals surface area (Å²) in [7, 11) is 2.24. The minimum atomic E-state index is 0.542. The van der Waals surface area contributed by atoms with Gasteiger partial charge in [0.15, 0.2) is 0 Å². The van der Waals surface area contributed by atoms with Crippen LogP contribution in [0.2, 0.25) is 0 Å². The summed E-state index contributed by atoms with van der Waals surface area (Å²) >= 11 is 7.48. The SMILES string of the molecule is CN(CCCCc1nc(CCl)cs1)CC1CC1. The lowest BCUT2D eigenvalue weighted by Crippen LogP contribution is -2.22. The van der Waals surface area contributed by atoms with Gasteiger partial charge in [-0.2, -0.15) is 0 Å². The zero-order chi connectivity index (χ0) is 12.1. The standard InChI is InChI=1S/C13H21ClN2S/c1-16(9-11-5-6-11)7-3-2-4-13-15-12(8-14)10-17-13/h10-11H,2-9H2,1H3. The summed E-state index contributed by atoms with van der Waals surface area (Å²) in [6.45, 7) is 2.53. The van der Waals surface area contributed by atoms with Gasteiger partial charge >= 0.3 is 0 Å². The largest absolute Gasteiger partial charge is 0.306 e. The first-order chi connectivity index (χ1) is 8.28. The minimum Gasteiger partial charge on any atom is -0.306 e. The number of hydrogen-bond donors (Lipinski definition) is 0. The van der Waals surface area contributed by atoms with Gasteiger partial charge in [-0.1, -0.05) is 0 Å². The van der Waals surface area contributed by atoms with Crippen LogP contribution in [-0.4, -0.2) is 30.0 Å². The van der Waals surface area contributed by atoms with Crippen LogP contribution in [0.15, 0.2) is 5.38 Å². The van der Waals surface area contributed by atoms with Crippen molar-refractivity contribution in [3.63, 3.8) is 0 Å². The monoisotopic (exact) mass is 272 g/mol. The molecule has 1 aliphatic rings. The maximum absolute atomic E-state index is 5.73. The van der Waals surface area contributed by atoms with E-state index in [4.69, 9.17) is 11.6 Å². The molecular weight excluding hydrogens is 252 g/mol. The van der Waals surface area contributed by atoms with Crippen molar-refractivity contribution in [2.75, 3.05) is 20.1 Å². The average molecular weight is 273 g/mol. The number of aryl methyl sites for hydroxylation is 1. The van der Waals surface area contributed by atoms with Gasteiger partial charge < -0.3 is 4.90 Å². The smallest absolute Gasteiger partial charge is 0.0928 e. The highest BCUT2D eigenvalue weighted by molar-refractivity contribution is 7.09. The fourth-order valence-corrected chi connectivity index (χ4v) is 3.08. The summed E-state index contributed by atoms with van der Waals surface area (Å²) in [5, 5.41) is 3.31. The molecule has 0 amide bonds. The zero-order valence-corrected chi connectivity index (χ0v) is 12.1. The summed E-state index contributed by atoms with van der Waals surface area (Å²) in [6, 6.07) is 0. The summed E-state index contributed by atoms with van der Waals surface area (Å²) < 4.78 is 0. The minimum absolute atomic E-state index is 0.542. The van der Waals surface area contributed by atoms with Crippen LogP contribution in [0.1, 0.15) is 36.4 Å². The molecule has 0 radical (unpaired) electrons. The first-order valence-corrected chi connectivity index (χ1v) is 7.87. The molecule has 0 unspecified atom stereocenters. The second-order valence-corrected chi connectivity index (χ2v) is 6.24. The van der Waals surface area contributed by atoms with Gasteiger partial charge in [0.2, 0.25) is 0 Å². The lowest BCUT2D eigenvalue weighted by atomic mass is 10.2. The Morgan fingerprint density at radius 1 is 1.47 bits per heavy atom. The number of thiazole rings is 1. The van der Waals surface area contributed by atoms with Crippen molar-refractivity contribution >= 4 is 22.9 Å². The van der Waals surface area contributed by atoms with Crippen molar-refractivity contribution in [1.82, 2.24) is 9.88 Å². The van der Waals surface area contributed by atoms with E-state index in [1.54, 1.807) is 11.3 Å². The molecule has 1 fully saturated rings. The van der Waals surface area contributed by atoms with Gasteiger partial charge in [0.05, 0.1) is 16.6 Å². The van der Waals surface area contributed by atoms with E-state index in [0.29, 0.717) is 5.88 Å². The highest BCUT2D eigenvalue weighted by atomic mass is 35.5. The van der Waals surface area contributed by atoms with E-state index in [0.717, 1.165) is 18.0 Å². The van der Waals surface area contributed by atoms with E-state index < -0.39 is 0 Å². The fourth-order valence-electron chi connectivity index (χ4n) is 2.02. The fraction of sp³-hybridized carbons (Fsp3) is 0.769. The molecule has 0 atom stereocenters. The second-order valence-electron chi connectivity index (χ2n) is 5.03. The van der Waals surface area contributed by atoms with Crippen molar-refractivity contribution in [3.05, 3.63) is 16.1 Å². The Bertz CT molecular complexity index is 336. The Balaban J connectivity index is 1.55. The van der Waals surface area contributed by atoms with Crippen LogP contribution in [0.5, 0.6) is 0 Å². The number of halogens is 1. The summed E-state index contributed by atoms with van der Waals surface area (Å²) in [5.74, 6) is 1.55. The Kier molecular flexibility index (Phi) is 5.26. The summed E-state index contributed by atoms with van der Waals surface area (Å²) in [5.41, 5.74) is 1.03. The summed E-state index contributed by atoms with van der Waals surface area (Å²) in [6.07, 6.45) is 6.53. The molecule has 1 aromatic rings. The van der Waals surface area contributed by atoms with Crippen LogP contribution in [0.4, 0.5) is 0 Å². The van der Waals surface area contributed by atoms with Crippen LogP contribution >= 0.6 is 22.9 Å². The number of aromatic nitrogens is 1. The van der Waals surface area contributed by atoms with Crippen molar-refractivity contribution in [2.45, 2.75) is 38.0 Å². The van der Waals surface area contributed by atoms with Gasteiger partial charge in [0.1, 0.15) is 0 Å². The van der Waals surface area contributed by atoms with Gasteiger partial charge in [-0.25, -0.2) is 4.98 Å². The number of unbranched alkanes of at least 4 members (excludes halogenated alkanes) is 1. The van der Waals surface area contributed by atoms with Crippen molar-refractivity contribution in [2.24, 2.45) is 5.92 Å². The van der Waals surface area contributed by atoms with Gasteiger partial charge in [-0.15, -0.1) is 22.9 Å². The molecule has 1 aliphatic carbocycles. The normalized spacial score (nSPS) is 15.7. The predicted molar refractivity (Wildman–Crippen MR) is 74.8 cm³/mol. The molecule has 4 heteroatoms. The molecular formula is C13H21ClN2S. The maximum Gasteiger partial charge on any atom is 0.0928 e. The van der Waals surface area contributed by atoms with E-state index in [1.807, 2.05) is 0 Å². The van der Waals surface area contributed by atoms with Crippen LogP contribution in [-0.2, 0) is 12.3 Å². The number of nitrogens with zero attached hydrogens (tertiary/aromatic N) is 2. The quantitative estimate of drug-likeness (QED) is 0.531. The molecule has 17 heavy (non-hydrogen) atoms. The van der Waals surface area contributed by atoms with Crippen LogP contribution in [0.3, 0.4) is 0 Å². The first kappa shape index (κ1) is 13.3. The molecule has 2 nitrogen and oxygen atoms in total. The first-order valence-electron chi connectivity index (χ1n) is 6.45. The molecule has 1 heterocycles. The predicted octanol–water partition coefficient (Wildman–Crippen LogP) is 3.55. The second kappa shape index (κ2) is 6.72. The van der Waals surface area contributed by atoms with E-state index in [-0.39, 0.29) is 0 Å². The highest BCUT2D eigenvalue weighted by Crippen LogP contribution is 2.29. The Hall–Kier alpha value is -0.120. The number of alkyl halides is 1. The van der Waals surface area contributed by atoms with E-state index in [9.17, 15) is 0 Å². The van der Waals surface area contributed by atoms with Crippen LogP contribution < -0.4 is 0 Å². The third-order valence-electron chi connectivity index (χ3n) is 3.18. The van der Waals surface area contributed by atoms with Gasteiger partial charge in [-0.3, -0.25) is 0 Å². The van der Waals surface area contributed by atoms with Gasteiger partial charge in [-0.05, 0) is 51.6 Å². The lowest BCUT2D eigenvalue weighted by Gasteiger charge is -2.15. The van der Waals surface area contributed by atoms with Gasteiger partial charge in [0, 0.05) is 11.9 Å². The Morgan fingerprint density at radius 2 is 2.29 bits per heavy atom. The third kappa shape index (κ3) is 4.94. The molecule has 0 aromatic carbocycles. The average Bonchev–Trinajstić information content (AvgIpc) is 3.01. The Labute approximate surface area is 113 Å². The Morgan fingerprint density at radius 3 is 2.94 bits per heavy atom. The third-order valence-corrected chi connectivity index (χ3v) is 4.41. The van der Waals surface area contributed by atoms with E-state index >= 15 is 0 Å². The molecule has 0 saturated heterocycles. The molecule has 96 valence electrons. The van der Waals surface area contributed by atoms with Crippen LogP contribution in [0.25, 0.3) is 0 Å². The van der Waals surface area contributed by atoms with Crippen molar-refractivity contribution in [3.8, 4) is 0 Å². The lowest BCUT2D eigenvalue weighted by molar-refractivity contribution is 0.313.